The first kappa shape index (κ1) is 11.2. The molecule has 5 nitrogen and oxygen atoms in total. The average Bonchev–Trinajstić information content (AvgIpc) is 2.67. The Balaban J connectivity index is 2.35. The Morgan fingerprint density at radius 2 is 2.12 bits per heavy atom. The Morgan fingerprint density at radius 1 is 1.38 bits per heavy atom. The molecule has 2 N–H and O–H groups in total. The van der Waals surface area contributed by atoms with Crippen LogP contribution in [0.5, 0.6) is 0 Å². The van der Waals surface area contributed by atoms with E-state index in [-0.39, 0.29) is 0 Å². The smallest absolute Gasteiger partial charge is 0.246 e. The maximum absolute atomic E-state index is 5.85. The Morgan fingerprint density at radius 3 is 2.62 bits per heavy atom. The molecule has 0 amide bonds. The zero-order valence-electron chi connectivity index (χ0n) is 8.94. The summed E-state index contributed by atoms with van der Waals surface area (Å²) in [7, 11) is 0. The number of hydrogen-bond acceptors (Lipinski definition) is 5. The van der Waals surface area contributed by atoms with Gasteiger partial charge in [0.05, 0.1) is 5.54 Å². The molecule has 0 unspecified atom stereocenters. The number of nitrogens with two attached hydrogens (primary N) is 1. The summed E-state index contributed by atoms with van der Waals surface area (Å²) in [6.07, 6.45) is 1.68. The first-order valence-electron chi connectivity index (χ1n) is 4.72. The zero-order chi connectivity index (χ0) is 11.8. The highest BCUT2D eigenvalue weighted by molar-refractivity contribution is 9.10. The Bertz CT molecular complexity index is 486. The van der Waals surface area contributed by atoms with Crippen LogP contribution in [0.25, 0.3) is 11.5 Å². The fraction of sp³-hybridized carbons (Fsp3) is 0.300. The molecular formula is C10H11BrN4O. The number of pyridine rings is 1. The van der Waals surface area contributed by atoms with E-state index < -0.39 is 5.54 Å². The van der Waals surface area contributed by atoms with E-state index in [1.807, 2.05) is 12.1 Å². The second-order valence-corrected chi connectivity index (χ2v) is 4.92. The summed E-state index contributed by atoms with van der Waals surface area (Å²) in [6, 6.07) is 3.67. The SMILES string of the molecule is CC(C)(N)c1nc(-c2ccc(Br)cn2)no1. The van der Waals surface area contributed by atoms with Gasteiger partial charge in [-0.2, -0.15) is 4.98 Å². The minimum Gasteiger partial charge on any atom is -0.337 e. The van der Waals surface area contributed by atoms with E-state index in [0.29, 0.717) is 17.4 Å². The fourth-order valence-electron chi connectivity index (χ4n) is 1.10. The van der Waals surface area contributed by atoms with Gasteiger partial charge in [-0.3, -0.25) is 4.98 Å². The van der Waals surface area contributed by atoms with Gasteiger partial charge in [0.15, 0.2) is 0 Å². The molecule has 0 radical (unpaired) electrons. The highest BCUT2D eigenvalue weighted by atomic mass is 79.9. The van der Waals surface area contributed by atoms with Crippen LogP contribution in [0, 0.1) is 0 Å². The normalized spacial score (nSPS) is 11.8. The maximum Gasteiger partial charge on any atom is 0.246 e. The van der Waals surface area contributed by atoms with E-state index in [1.54, 1.807) is 20.0 Å². The summed E-state index contributed by atoms with van der Waals surface area (Å²) in [5, 5.41) is 3.84. The highest BCUT2D eigenvalue weighted by Gasteiger charge is 2.22. The second kappa shape index (κ2) is 3.95. The van der Waals surface area contributed by atoms with Crippen molar-refractivity contribution in [1.82, 2.24) is 15.1 Å². The second-order valence-electron chi connectivity index (χ2n) is 4.01. The molecule has 2 aromatic heterocycles. The van der Waals surface area contributed by atoms with Gasteiger partial charge in [0.25, 0.3) is 0 Å². The van der Waals surface area contributed by atoms with Gasteiger partial charge in [0.2, 0.25) is 11.7 Å². The van der Waals surface area contributed by atoms with Crippen molar-refractivity contribution in [3.8, 4) is 11.5 Å². The molecule has 0 spiro atoms. The monoisotopic (exact) mass is 282 g/mol. The maximum atomic E-state index is 5.85. The van der Waals surface area contributed by atoms with Gasteiger partial charge in [0, 0.05) is 10.7 Å². The van der Waals surface area contributed by atoms with Gasteiger partial charge in [0.1, 0.15) is 5.69 Å². The molecule has 0 aliphatic carbocycles. The van der Waals surface area contributed by atoms with Crippen molar-refractivity contribution in [3.05, 3.63) is 28.7 Å². The van der Waals surface area contributed by atoms with Crippen molar-refractivity contribution >= 4 is 15.9 Å². The number of aromatic nitrogens is 3. The van der Waals surface area contributed by atoms with Crippen LogP contribution in [0.1, 0.15) is 19.7 Å². The largest absolute Gasteiger partial charge is 0.337 e. The summed E-state index contributed by atoms with van der Waals surface area (Å²) < 4.78 is 5.98. The standard InChI is InChI=1S/C10H11BrN4O/c1-10(2,12)9-14-8(15-16-9)7-4-3-6(11)5-13-7/h3-5H,12H2,1-2H3. The Kier molecular flexibility index (Phi) is 2.77. The molecule has 16 heavy (non-hydrogen) atoms. The van der Waals surface area contributed by atoms with E-state index in [9.17, 15) is 0 Å². The third kappa shape index (κ3) is 2.28. The molecule has 2 rings (SSSR count). The minimum absolute atomic E-state index is 0.396. The molecule has 0 aromatic carbocycles. The number of rotatable bonds is 2. The molecule has 0 aliphatic heterocycles. The summed E-state index contributed by atoms with van der Waals surface area (Å²) >= 11 is 3.31. The van der Waals surface area contributed by atoms with E-state index in [0.717, 1.165) is 4.47 Å². The predicted octanol–water partition coefficient (Wildman–Crippen LogP) is 2.09. The van der Waals surface area contributed by atoms with Gasteiger partial charge in [-0.25, -0.2) is 0 Å². The lowest BCUT2D eigenvalue weighted by atomic mass is 10.1. The molecule has 0 atom stereocenters. The van der Waals surface area contributed by atoms with E-state index in [1.165, 1.54) is 0 Å². The molecule has 0 aliphatic rings. The van der Waals surface area contributed by atoms with Crippen LogP contribution in [-0.4, -0.2) is 15.1 Å². The van der Waals surface area contributed by atoms with Gasteiger partial charge in [-0.1, -0.05) is 5.16 Å². The first-order valence-corrected chi connectivity index (χ1v) is 5.51. The fourth-order valence-corrected chi connectivity index (χ4v) is 1.33. The number of halogens is 1. The van der Waals surface area contributed by atoms with E-state index >= 15 is 0 Å². The molecular weight excluding hydrogens is 272 g/mol. The van der Waals surface area contributed by atoms with Gasteiger partial charge in [-0.05, 0) is 41.9 Å². The summed E-state index contributed by atoms with van der Waals surface area (Å²) in [5.41, 5.74) is 5.86. The lowest BCUT2D eigenvalue weighted by Gasteiger charge is -2.10. The van der Waals surface area contributed by atoms with Crippen LogP contribution in [0.4, 0.5) is 0 Å². The molecule has 0 saturated heterocycles. The highest BCUT2D eigenvalue weighted by Crippen LogP contribution is 2.20. The van der Waals surface area contributed by atoms with Crippen molar-refractivity contribution in [2.75, 3.05) is 0 Å². The number of nitrogens with zero attached hydrogens (tertiary/aromatic N) is 3. The van der Waals surface area contributed by atoms with Crippen LogP contribution < -0.4 is 5.73 Å². The van der Waals surface area contributed by atoms with Crippen molar-refractivity contribution in [3.63, 3.8) is 0 Å². The molecule has 6 heteroatoms. The van der Waals surface area contributed by atoms with Crippen molar-refractivity contribution in [1.29, 1.82) is 0 Å². The van der Waals surface area contributed by atoms with Crippen molar-refractivity contribution in [2.24, 2.45) is 5.73 Å². The van der Waals surface area contributed by atoms with Crippen LogP contribution >= 0.6 is 15.9 Å². The third-order valence-corrected chi connectivity index (χ3v) is 2.40. The van der Waals surface area contributed by atoms with Gasteiger partial charge in [-0.15, -0.1) is 0 Å². The summed E-state index contributed by atoms with van der Waals surface area (Å²) in [4.78, 5) is 8.37. The minimum atomic E-state index is -0.638. The Labute approximate surface area is 101 Å². The molecule has 2 heterocycles. The van der Waals surface area contributed by atoms with Crippen LogP contribution in [0.2, 0.25) is 0 Å². The molecule has 2 aromatic rings. The van der Waals surface area contributed by atoms with Crippen molar-refractivity contribution in [2.45, 2.75) is 19.4 Å². The average molecular weight is 283 g/mol. The van der Waals surface area contributed by atoms with Crippen LogP contribution in [0.3, 0.4) is 0 Å². The molecule has 0 bridgehead atoms. The molecule has 0 saturated carbocycles. The topological polar surface area (TPSA) is 77.8 Å². The Hall–Kier alpha value is -1.27. The lowest BCUT2D eigenvalue weighted by Crippen LogP contribution is -2.28. The van der Waals surface area contributed by atoms with E-state index in [2.05, 4.69) is 31.1 Å². The van der Waals surface area contributed by atoms with Crippen LogP contribution in [0.15, 0.2) is 27.3 Å². The van der Waals surface area contributed by atoms with Gasteiger partial charge < -0.3 is 10.3 Å². The zero-order valence-corrected chi connectivity index (χ0v) is 10.5. The first-order chi connectivity index (χ1) is 7.47. The van der Waals surface area contributed by atoms with E-state index in [4.69, 9.17) is 10.3 Å². The predicted molar refractivity (Wildman–Crippen MR) is 62.4 cm³/mol. The summed E-state index contributed by atoms with van der Waals surface area (Å²) in [5.74, 6) is 0.841. The lowest BCUT2D eigenvalue weighted by molar-refractivity contribution is 0.312. The number of hydrogen-bond donors (Lipinski definition) is 1. The van der Waals surface area contributed by atoms with Crippen LogP contribution in [-0.2, 0) is 5.54 Å². The quantitative estimate of drug-likeness (QED) is 0.913. The third-order valence-electron chi connectivity index (χ3n) is 1.93. The van der Waals surface area contributed by atoms with Crippen molar-refractivity contribution < 1.29 is 4.52 Å². The molecule has 84 valence electrons. The molecule has 0 fully saturated rings. The summed E-state index contributed by atoms with van der Waals surface area (Å²) in [6.45, 7) is 3.61. The van der Waals surface area contributed by atoms with Gasteiger partial charge >= 0.3 is 0 Å².